The minimum absolute atomic E-state index is 0.137. The summed E-state index contributed by atoms with van der Waals surface area (Å²) < 4.78 is 18.8. The van der Waals surface area contributed by atoms with E-state index in [9.17, 15) is 4.39 Å². The third kappa shape index (κ3) is 7.13. The molecule has 0 heterocycles. The lowest BCUT2D eigenvalue weighted by atomic mass is 10.1. The van der Waals surface area contributed by atoms with Gasteiger partial charge in [0.2, 0.25) is 0 Å². The molecule has 1 aromatic rings. The third-order valence-electron chi connectivity index (χ3n) is 3.21. The lowest BCUT2D eigenvalue weighted by molar-refractivity contribution is 0.0268. The van der Waals surface area contributed by atoms with Crippen LogP contribution >= 0.6 is 11.8 Å². The van der Waals surface area contributed by atoms with Crippen molar-refractivity contribution >= 4 is 17.7 Å². The average molecular weight is 327 g/mol. The van der Waals surface area contributed by atoms with Gasteiger partial charge in [0.15, 0.2) is 5.96 Å². The number of ether oxygens (including phenoxy) is 1. The lowest BCUT2D eigenvalue weighted by Crippen LogP contribution is -2.45. The third-order valence-corrected chi connectivity index (χ3v) is 4.22. The number of aliphatic imine (C=N–C) groups is 1. The summed E-state index contributed by atoms with van der Waals surface area (Å²) >= 11 is 1.69. The molecule has 124 valence electrons. The van der Waals surface area contributed by atoms with Crippen LogP contribution in [-0.2, 0) is 10.5 Å². The molecular formula is C16H26FN3OS. The molecule has 0 bridgehead atoms. The summed E-state index contributed by atoms with van der Waals surface area (Å²) in [7, 11) is 3.43. The lowest BCUT2D eigenvalue weighted by Gasteiger charge is -2.24. The fraction of sp³-hybridized carbons (Fsp3) is 0.562. The minimum Gasteiger partial charge on any atom is -0.377 e. The van der Waals surface area contributed by atoms with Gasteiger partial charge < -0.3 is 15.4 Å². The molecule has 0 spiro atoms. The molecule has 0 amide bonds. The summed E-state index contributed by atoms with van der Waals surface area (Å²) in [6, 6.07) is 6.89. The highest BCUT2D eigenvalue weighted by atomic mass is 32.2. The van der Waals surface area contributed by atoms with Crippen LogP contribution in [0.2, 0.25) is 0 Å². The standard InChI is InChI=1S/C16H26FN3OS/c1-16(2,21-4)12-20-15(18-3)19-9-10-22-11-13-7-5-6-8-14(13)17/h5-8H,9-12H2,1-4H3,(H2,18,19,20). The minimum atomic E-state index is -0.239. The van der Waals surface area contributed by atoms with Crippen molar-refractivity contribution < 1.29 is 9.13 Å². The van der Waals surface area contributed by atoms with Gasteiger partial charge in [0, 0.05) is 38.8 Å². The molecule has 4 nitrogen and oxygen atoms in total. The first-order valence-corrected chi connectivity index (χ1v) is 8.45. The van der Waals surface area contributed by atoms with Crippen LogP contribution in [0.5, 0.6) is 0 Å². The Morgan fingerprint density at radius 2 is 2.05 bits per heavy atom. The predicted octanol–water partition coefficient (Wildman–Crippen LogP) is 2.65. The molecule has 0 aliphatic heterocycles. The molecule has 0 aliphatic carbocycles. The molecular weight excluding hydrogens is 301 g/mol. The van der Waals surface area contributed by atoms with Gasteiger partial charge in [-0.15, -0.1) is 0 Å². The molecule has 1 rings (SSSR count). The van der Waals surface area contributed by atoms with Crippen LogP contribution in [0.1, 0.15) is 19.4 Å². The molecule has 0 saturated heterocycles. The predicted molar refractivity (Wildman–Crippen MR) is 93.0 cm³/mol. The number of nitrogens with zero attached hydrogens (tertiary/aromatic N) is 1. The number of methoxy groups -OCH3 is 1. The molecule has 0 unspecified atom stereocenters. The van der Waals surface area contributed by atoms with E-state index in [2.05, 4.69) is 15.6 Å². The molecule has 0 aromatic heterocycles. The number of nitrogens with one attached hydrogen (secondary N) is 2. The second-order valence-electron chi connectivity index (χ2n) is 5.46. The summed E-state index contributed by atoms with van der Waals surface area (Å²) in [6.07, 6.45) is 0. The van der Waals surface area contributed by atoms with Gasteiger partial charge in [0.05, 0.1) is 5.60 Å². The number of hydrogen-bond acceptors (Lipinski definition) is 3. The highest BCUT2D eigenvalue weighted by Gasteiger charge is 2.16. The van der Waals surface area contributed by atoms with Crippen molar-refractivity contribution in [3.05, 3.63) is 35.6 Å². The monoisotopic (exact) mass is 327 g/mol. The van der Waals surface area contributed by atoms with Gasteiger partial charge in [-0.25, -0.2) is 4.39 Å². The van der Waals surface area contributed by atoms with Crippen molar-refractivity contribution in [3.63, 3.8) is 0 Å². The first-order valence-electron chi connectivity index (χ1n) is 7.29. The zero-order chi connectivity index (χ0) is 16.4. The van der Waals surface area contributed by atoms with E-state index in [4.69, 9.17) is 4.74 Å². The molecule has 2 N–H and O–H groups in total. The van der Waals surface area contributed by atoms with Crippen molar-refractivity contribution in [1.29, 1.82) is 0 Å². The summed E-state index contributed by atoms with van der Waals surface area (Å²) in [5.74, 6) is 2.17. The van der Waals surface area contributed by atoms with E-state index in [1.54, 1.807) is 32.0 Å². The van der Waals surface area contributed by atoms with Crippen molar-refractivity contribution in [1.82, 2.24) is 10.6 Å². The molecule has 0 atom stereocenters. The second kappa shape index (κ2) is 9.69. The van der Waals surface area contributed by atoms with Crippen molar-refractivity contribution in [2.75, 3.05) is 33.0 Å². The molecule has 0 saturated carbocycles. The van der Waals surface area contributed by atoms with Gasteiger partial charge in [-0.3, -0.25) is 4.99 Å². The smallest absolute Gasteiger partial charge is 0.191 e. The van der Waals surface area contributed by atoms with Crippen molar-refractivity contribution in [2.45, 2.75) is 25.2 Å². The van der Waals surface area contributed by atoms with Crippen molar-refractivity contribution in [3.8, 4) is 0 Å². The quantitative estimate of drug-likeness (QED) is 0.438. The summed E-state index contributed by atoms with van der Waals surface area (Å²) in [5, 5.41) is 6.46. The van der Waals surface area contributed by atoms with E-state index in [-0.39, 0.29) is 11.4 Å². The Morgan fingerprint density at radius 3 is 2.68 bits per heavy atom. The Hall–Kier alpha value is -1.27. The number of halogens is 1. The maximum Gasteiger partial charge on any atom is 0.191 e. The van der Waals surface area contributed by atoms with E-state index in [0.29, 0.717) is 12.3 Å². The summed E-state index contributed by atoms with van der Waals surface area (Å²) in [5.41, 5.74) is 0.508. The fourth-order valence-corrected chi connectivity index (χ4v) is 2.47. The first-order chi connectivity index (χ1) is 10.5. The molecule has 0 fully saturated rings. The Balaban J connectivity index is 2.21. The maximum atomic E-state index is 13.5. The van der Waals surface area contributed by atoms with E-state index >= 15 is 0 Å². The average Bonchev–Trinajstić information content (AvgIpc) is 2.51. The molecule has 0 radical (unpaired) electrons. The zero-order valence-corrected chi connectivity index (χ0v) is 14.6. The SMILES string of the molecule is CN=C(NCCSCc1ccccc1F)NCC(C)(C)OC. The van der Waals surface area contributed by atoms with Crippen LogP contribution in [0.4, 0.5) is 4.39 Å². The van der Waals surface area contributed by atoms with E-state index in [0.717, 1.165) is 23.8 Å². The highest BCUT2D eigenvalue weighted by Crippen LogP contribution is 2.14. The van der Waals surface area contributed by atoms with Crippen LogP contribution in [0.25, 0.3) is 0 Å². The van der Waals surface area contributed by atoms with Gasteiger partial charge in [0.1, 0.15) is 5.82 Å². The molecule has 6 heteroatoms. The molecule has 1 aromatic carbocycles. The Kier molecular flexibility index (Phi) is 8.27. The number of hydrogen-bond donors (Lipinski definition) is 2. The van der Waals surface area contributed by atoms with Gasteiger partial charge in [-0.05, 0) is 25.5 Å². The van der Waals surface area contributed by atoms with Gasteiger partial charge >= 0.3 is 0 Å². The maximum absolute atomic E-state index is 13.5. The first kappa shape index (κ1) is 18.8. The normalized spacial score (nSPS) is 12.3. The molecule has 0 aliphatic rings. The number of guanidine groups is 1. The summed E-state index contributed by atoms with van der Waals surface area (Å²) in [4.78, 5) is 4.16. The Morgan fingerprint density at radius 1 is 1.32 bits per heavy atom. The Labute approximate surface area is 136 Å². The van der Waals surface area contributed by atoms with Crippen LogP contribution in [0.3, 0.4) is 0 Å². The molecule has 22 heavy (non-hydrogen) atoms. The van der Waals surface area contributed by atoms with Crippen LogP contribution < -0.4 is 10.6 Å². The fourth-order valence-electron chi connectivity index (χ4n) is 1.63. The van der Waals surface area contributed by atoms with Crippen LogP contribution in [0.15, 0.2) is 29.3 Å². The number of thioether (sulfide) groups is 1. The summed E-state index contributed by atoms with van der Waals surface area (Å²) in [6.45, 7) is 5.47. The van der Waals surface area contributed by atoms with Gasteiger partial charge in [-0.2, -0.15) is 11.8 Å². The zero-order valence-electron chi connectivity index (χ0n) is 13.8. The van der Waals surface area contributed by atoms with E-state index in [1.165, 1.54) is 6.07 Å². The highest BCUT2D eigenvalue weighted by molar-refractivity contribution is 7.98. The van der Waals surface area contributed by atoms with Crippen LogP contribution in [0, 0.1) is 5.82 Å². The van der Waals surface area contributed by atoms with E-state index < -0.39 is 0 Å². The van der Waals surface area contributed by atoms with Gasteiger partial charge in [0.25, 0.3) is 0 Å². The Bertz CT molecular complexity index is 480. The van der Waals surface area contributed by atoms with E-state index in [1.807, 2.05) is 26.0 Å². The number of benzene rings is 1. The van der Waals surface area contributed by atoms with Crippen LogP contribution in [-0.4, -0.2) is 44.6 Å². The van der Waals surface area contributed by atoms with Crippen molar-refractivity contribution in [2.24, 2.45) is 4.99 Å². The second-order valence-corrected chi connectivity index (χ2v) is 6.57. The number of rotatable bonds is 8. The van der Waals surface area contributed by atoms with Gasteiger partial charge in [-0.1, -0.05) is 18.2 Å². The topological polar surface area (TPSA) is 45.7 Å². The largest absolute Gasteiger partial charge is 0.377 e.